The van der Waals surface area contributed by atoms with Crippen molar-refractivity contribution in [3.63, 3.8) is 0 Å². The van der Waals surface area contributed by atoms with Crippen molar-refractivity contribution in [3.05, 3.63) is 29.3 Å². The van der Waals surface area contributed by atoms with E-state index < -0.39 is 11.5 Å². The monoisotopic (exact) mass is 357 g/mol. The number of aliphatic hydroxyl groups excluding tert-OH is 2. The molecule has 2 rings (SSSR count). The maximum atomic E-state index is 10.4. The third-order valence-corrected chi connectivity index (χ3v) is 5.04. The van der Waals surface area contributed by atoms with Crippen LogP contribution in [-0.4, -0.2) is 67.8 Å². The molecule has 0 aliphatic carbocycles. The maximum absolute atomic E-state index is 10.4. The fourth-order valence-corrected chi connectivity index (χ4v) is 3.43. The molecule has 136 valence electrons. The molecule has 1 saturated heterocycles. The van der Waals surface area contributed by atoms with E-state index in [1.807, 2.05) is 12.1 Å². The van der Waals surface area contributed by atoms with Crippen LogP contribution in [0.5, 0.6) is 5.75 Å². The number of piperidine rings is 1. The van der Waals surface area contributed by atoms with E-state index >= 15 is 0 Å². The van der Waals surface area contributed by atoms with Gasteiger partial charge in [0.25, 0.3) is 0 Å². The molecule has 0 bridgehead atoms. The Balaban J connectivity index is 1.83. The molecule has 1 aromatic rings. The molecule has 1 heterocycles. The summed E-state index contributed by atoms with van der Waals surface area (Å²) in [5.41, 5.74) is -0.461. The lowest BCUT2D eigenvalue weighted by Crippen LogP contribution is -2.54. The fraction of sp³-hybridized carbons (Fsp3) is 0.667. The summed E-state index contributed by atoms with van der Waals surface area (Å²) in [6.45, 7) is 3.47. The van der Waals surface area contributed by atoms with Crippen molar-refractivity contribution in [2.24, 2.45) is 5.41 Å². The molecule has 0 spiro atoms. The largest absolute Gasteiger partial charge is 0.492 e. The number of nitrogens with zero attached hydrogens (tertiary/aromatic N) is 1. The molecule has 2 N–H and O–H groups in total. The van der Waals surface area contributed by atoms with E-state index in [9.17, 15) is 10.2 Å². The van der Waals surface area contributed by atoms with Crippen molar-refractivity contribution in [2.45, 2.75) is 25.4 Å². The van der Waals surface area contributed by atoms with Gasteiger partial charge in [-0.2, -0.15) is 0 Å². The number of halogens is 1. The quantitative estimate of drug-likeness (QED) is 0.663. The zero-order valence-electron chi connectivity index (χ0n) is 14.3. The molecule has 0 saturated carbocycles. The van der Waals surface area contributed by atoms with E-state index in [0.29, 0.717) is 31.2 Å². The fourth-order valence-electron chi connectivity index (χ4n) is 3.30. The van der Waals surface area contributed by atoms with Gasteiger partial charge < -0.3 is 19.7 Å². The van der Waals surface area contributed by atoms with Crippen molar-refractivity contribution >= 4 is 11.6 Å². The molecular weight excluding hydrogens is 330 g/mol. The molecule has 2 atom stereocenters. The lowest BCUT2D eigenvalue weighted by atomic mass is 9.74. The molecule has 6 heteroatoms. The van der Waals surface area contributed by atoms with Crippen LogP contribution in [0.1, 0.15) is 19.3 Å². The summed E-state index contributed by atoms with van der Waals surface area (Å²) < 4.78 is 10.8. The van der Waals surface area contributed by atoms with Gasteiger partial charge in [0.05, 0.1) is 12.7 Å². The minimum atomic E-state index is -0.465. The average molecular weight is 358 g/mol. The summed E-state index contributed by atoms with van der Waals surface area (Å²) in [5, 5.41) is 21.0. The summed E-state index contributed by atoms with van der Waals surface area (Å²) in [4.78, 5) is 2.26. The Hall–Kier alpha value is -0.850. The normalized spacial score (nSPS) is 24.9. The Kier molecular flexibility index (Phi) is 7.78. The van der Waals surface area contributed by atoms with E-state index in [1.165, 1.54) is 0 Å². The van der Waals surface area contributed by atoms with E-state index in [1.54, 1.807) is 19.2 Å². The van der Waals surface area contributed by atoms with Gasteiger partial charge in [-0.05, 0) is 43.5 Å². The maximum Gasteiger partial charge on any atom is 0.119 e. The number of ether oxygens (including phenoxy) is 2. The molecule has 5 nitrogen and oxygen atoms in total. The predicted molar refractivity (Wildman–Crippen MR) is 94.6 cm³/mol. The topological polar surface area (TPSA) is 62.2 Å². The van der Waals surface area contributed by atoms with Gasteiger partial charge in [-0.1, -0.05) is 11.6 Å². The molecule has 1 fully saturated rings. The van der Waals surface area contributed by atoms with Crippen LogP contribution in [0, 0.1) is 5.41 Å². The van der Waals surface area contributed by atoms with Crippen molar-refractivity contribution < 1.29 is 19.7 Å². The number of aliphatic hydroxyl groups is 2. The van der Waals surface area contributed by atoms with Gasteiger partial charge in [0.15, 0.2) is 0 Å². The molecule has 0 radical (unpaired) electrons. The van der Waals surface area contributed by atoms with Crippen LogP contribution in [0.4, 0.5) is 0 Å². The van der Waals surface area contributed by atoms with E-state index in [0.717, 1.165) is 31.7 Å². The summed E-state index contributed by atoms with van der Waals surface area (Å²) in [6, 6.07) is 7.32. The lowest BCUT2D eigenvalue weighted by molar-refractivity contribution is -0.0838. The van der Waals surface area contributed by atoms with Gasteiger partial charge in [-0.15, -0.1) is 0 Å². The van der Waals surface area contributed by atoms with Gasteiger partial charge in [0.1, 0.15) is 12.4 Å². The third-order valence-electron chi connectivity index (χ3n) is 4.79. The number of methoxy groups -OCH3 is 1. The first kappa shape index (κ1) is 19.5. The predicted octanol–water partition coefficient (Wildman–Crippen LogP) is 2.19. The molecule has 24 heavy (non-hydrogen) atoms. The molecule has 0 unspecified atom stereocenters. The Morgan fingerprint density at radius 1 is 1.29 bits per heavy atom. The van der Waals surface area contributed by atoms with Gasteiger partial charge in [-0.25, -0.2) is 0 Å². The van der Waals surface area contributed by atoms with Crippen molar-refractivity contribution in [2.75, 3.05) is 46.6 Å². The second-order valence-corrected chi connectivity index (χ2v) is 6.94. The zero-order chi connectivity index (χ0) is 17.4. The highest BCUT2D eigenvalue weighted by Gasteiger charge is 2.41. The van der Waals surface area contributed by atoms with Crippen LogP contribution in [0.15, 0.2) is 24.3 Å². The van der Waals surface area contributed by atoms with E-state index in [4.69, 9.17) is 21.1 Å². The van der Waals surface area contributed by atoms with E-state index in [2.05, 4.69) is 4.90 Å². The highest BCUT2D eigenvalue weighted by Crippen LogP contribution is 2.34. The lowest BCUT2D eigenvalue weighted by Gasteiger charge is -2.45. The summed E-state index contributed by atoms with van der Waals surface area (Å²) in [6.07, 6.45) is 1.80. The Morgan fingerprint density at radius 2 is 2.04 bits per heavy atom. The molecule has 0 amide bonds. The first-order valence-corrected chi connectivity index (χ1v) is 8.86. The van der Waals surface area contributed by atoms with Crippen LogP contribution < -0.4 is 4.74 Å². The SMILES string of the molecule is COCCC[C@@]1(CO)CN(CCOc2ccc(Cl)cc2)CC[C@H]1O. The average Bonchev–Trinajstić information content (AvgIpc) is 2.59. The molecular formula is C18H28ClNO4. The molecule has 1 aliphatic heterocycles. The second kappa shape index (κ2) is 9.59. The zero-order valence-corrected chi connectivity index (χ0v) is 15.0. The summed E-state index contributed by atoms with van der Waals surface area (Å²) in [7, 11) is 1.67. The van der Waals surface area contributed by atoms with Crippen molar-refractivity contribution in [3.8, 4) is 5.75 Å². The summed E-state index contributed by atoms with van der Waals surface area (Å²) >= 11 is 5.86. The second-order valence-electron chi connectivity index (χ2n) is 6.50. The standard InChI is InChI=1S/C18H28ClNO4/c1-23-11-2-8-18(14-21)13-20(9-7-17(18)22)10-12-24-16-5-3-15(19)4-6-16/h3-6,17,21-22H,2,7-14H2,1H3/t17-,18+/m1/s1. The number of rotatable bonds is 9. The highest BCUT2D eigenvalue weighted by atomic mass is 35.5. The third kappa shape index (κ3) is 5.33. The molecule has 1 aromatic carbocycles. The Bertz CT molecular complexity index is 484. The molecule has 1 aliphatic rings. The summed E-state index contributed by atoms with van der Waals surface area (Å²) in [5.74, 6) is 0.796. The van der Waals surface area contributed by atoms with Gasteiger partial charge >= 0.3 is 0 Å². The number of hydrogen-bond acceptors (Lipinski definition) is 5. The molecule has 0 aromatic heterocycles. The van der Waals surface area contributed by atoms with Crippen LogP contribution in [-0.2, 0) is 4.74 Å². The first-order chi connectivity index (χ1) is 11.6. The van der Waals surface area contributed by atoms with Crippen molar-refractivity contribution in [1.82, 2.24) is 4.90 Å². The van der Waals surface area contributed by atoms with Crippen LogP contribution in [0.3, 0.4) is 0 Å². The smallest absolute Gasteiger partial charge is 0.119 e. The van der Waals surface area contributed by atoms with Gasteiger partial charge in [0.2, 0.25) is 0 Å². The van der Waals surface area contributed by atoms with Crippen LogP contribution in [0.2, 0.25) is 5.02 Å². The van der Waals surface area contributed by atoms with Crippen molar-refractivity contribution in [1.29, 1.82) is 0 Å². The van der Waals surface area contributed by atoms with Gasteiger partial charge in [0, 0.05) is 43.8 Å². The van der Waals surface area contributed by atoms with Crippen LogP contribution in [0.25, 0.3) is 0 Å². The van der Waals surface area contributed by atoms with Gasteiger partial charge in [-0.3, -0.25) is 4.90 Å². The number of likely N-dealkylation sites (tertiary alicyclic amines) is 1. The Morgan fingerprint density at radius 3 is 2.71 bits per heavy atom. The van der Waals surface area contributed by atoms with Crippen LogP contribution >= 0.6 is 11.6 Å². The minimum absolute atomic E-state index is 0.00752. The minimum Gasteiger partial charge on any atom is -0.492 e. The van der Waals surface area contributed by atoms with E-state index in [-0.39, 0.29) is 6.61 Å². The highest BCUT2D eigenvalue weighted by molar-refractivity contribution is 6.30. The number of hydrogen-bond donors (Lipinski definition) is 2. The number of benzene rings is 1. The Labute approximate surface area is 149 Å². The first-order valence-electron chi connectivity index (χ1n) is 8.48.